The van der Waals surface area contributed by atoms with Crippen molar-refractivity contribution in [2.24, 2.45) is 17.8 Å². The molecule has 0 radical (unpaired) electrons. The molecule has 1 amide bonds. The first-order chi connectivity index (χ1) is 12.3. The van der Waals surface area contributed by atoms with Crippen molar-refractivity contribution < 1.29 is 13.2 Å². The van der Waals surface area contributed by atoms with E-state index < -0.39 is 10.0 Å². The summed E-state index contributed by atoms with van der Waals surface area (Å²) in [5, 5.41) is 3.03. The normalized spacial score (nSPS) is 28.8. The molecular weight excluding hydrogens is 350 g/mol. The van der Waals surface area contributed by atoms with Crippen LogP contribution in [0.3, 0.4) is 0 Å². The van der Waals surface area contributed by atoms with Gasteiger partial charge >= 0.3 is 0 Å². The highest BCUT2D eigenvalue weighted by Crippen LogP contribution is 2.21. The van der Waals surface area contributed by atoms with Gasteiger partial charge in [-0.15, -0.1) is 0 Å². The molecule has 1 N–H and O–H groups in total. The Morgan fingerprint density at radius 1 is 1.15 bits per heavy atom. The zero-order valence-corrected chi connectivity index (χ0v) is 17.6. The molecular formula is C19H37N3O3S. The average molecular weight is 388 g/mol. The molecule has 0 aromatic rings. The van der Waals surface area contributed by atoms with Crippen LogP contribution >= 0.6 is 0 Å². The highest BCUT2D eigenvalue weighted by atomic mass is 32.2. The van der Waals surface area contributed by atoms with Gasteiger partial charge in [0.25, 0.3) is 0 Å². The van der Waals surface area contributed by atoms with Crippen LogP contribution in [0.2, 0.25) is 0 Å². The predicted molar refractivity (Wildman–Crippen MR) is 105 cm³/mol. The third kappa shape index (κ3) is 6.50. The summed E-state index contributed by atoms with van der Waals surface area (Å²) in [7, 11) is -3.20. The van der Waals surface area contributed by atoms with E-state index in [2.05, 4.69) is 24.1 Å². The number of carbonyl (C=O) groups is 1. The minimum absolute atomic E-state index is 0.0155. The van der Waals surface area contributed by atoms with Crippen LogP contribution in [0.25, 0.3) is 0 Å². The molecule has 0 bridgehead atoms. The minimum atomic E-state index is -3.20. The second-order valence-electron chi connectivity index (χ2n) is 8.36. The van der Waals surface area contributed by atoms with Gasteiger partial charge in [0.05, 0.1) is 11.7 Å². The molecule has 2 heterocycles. The van der Waals surface area contributed by atoms with E-state index in [1.54, 1.807) is 0 Å². The fourth-order valence-corrected chi connectivity index (χ4v) is 6.02. The first-order valence-corrected chi connectivity index (χ1v) is 11.9. The van der Waals surface area contributed by atoms with E-state index in [9.17, 15) is 13.2 Å². The van der Waals surface area contributed by atoms with Gasteiger partial charge in [-0.1, -0.05) is 20.8 Å². The van der Waals surface area contributed by atoms with Gasteiger partial charge in [-0.25, -0.2) is 12.7 Å². The summed E-state index contributed by atoms with van der Waals surface area (Å²) in [4.78, 5) is 14.9. The van der Waals surface area contributed by atoms with Crippen LogP contribution in [0.5, 0.6) is 0 Å². The second kappa shape index (κ2) is 10.0. The molecule has 3 atom stereocenters. The van der Waals surface area contributed by atoms with Gasteiger partial charge in [-0.2, -0.15) is 0 Å². The summed E-state index contributed by atoms with van der Waals surface area (Å²) >= 11 is 0. The molecule has 0 spiro atoms. The van der Waals surface area contributed by atoms with Crippen LogP contribution < -0.4 is 5.32 Å². The number of nitrogens with one attached hydrogen (secondary N) is 1. The lowest BCUT2D eigenvalue weighted by atomic mass is 9.92. The lowest BCUT2D eigenvalue weighted by Crippen LogP contribution is -2.46. The lowest BCUT2D eigenvalue weighted by molar-refractivity contribution is -0.126. The van der Waals surface area contributed by atoms with Crippen LogP contribution in [0.15, 0.2) is 0 Å². The van der Waals surface area contributed by atoms with Crippen LogP contribution in [0, 0.1) is 17.8 Å². The summed E-state index contributed by atoms with van der Waals surface area (Å²) in [6, 6.07) is 0. The van der Waals surface area contributed by atoms with Crippen LogP contribution in [-0.4, -0.2) is 68.6 Å². The number of piperidine rings is 2. The first-order valence-electron chi connectivity index (χ1n) is 10.3. The Hall–Kier alpha value is -0.660. The molecule has 2 aliphatic heterocycles. The highest BCUT2D eigenvalue weighted by Gasteiger charge is 2.31. The number of hydrogen-bond acceptors (Lipinski definition) is 4. The summed E-state index contributed by atoms with van der Waals surface area (Å²) in [6.07, 6.45) is 4.43. The van der Waals surface area contributed by atoms with Gasteiger partial charge in [0, 0.05) is 32.7 Å². The van der Waals surface area contributed by atoms with Crippen molar-refractivity contribution >= 4 is 15.9 Å². The molecule has 152 valence electrons. The number of amides is 1. The van der Waals surface area contributed by atoms with Gasteiger partial charge in [-0.3, -0.25) is 4.79 Å². The third-order valence-electron chi connectivity index (χ3n) is 5.51. The Morgan fingerprint density at radius 3 is 2.50 bits per heavy atom. The maximum atomic E-state index is 12.4. The Morgan fingerprint density at radius 2 is 1.85 bits per heavy atom. The maximum Gasteiger partial charge on any atom is 0.224 e. The molecule has 0 aromatic heterocycles. The van der Waals surface area contributed by atoms with Crippen molar-refractivity contribution in [3.05, 3.63) is 0 Å². The molecule has 2 fully saturated rings. The van der Waals surface area contributed by atoms with Crippen molar-refractivity contribution in [1.82, 2.24) is 14.5 Å². The van der Waals surface area contributed by atoms with Crippen LogP contribution in [0.4, 0.5) is 0 Å². The van der Waals surface area contributed by atoms with E-state index in [0.717, 1.165) is 50.7 Å². The Bertz CT molecular complexity index is 542. The summed E-state index contributed by atoms with van der Waals surface area (Å²) in [5.41, 5.74) is 0. The monoisotopic (exact) mass is 387 g/mol. The fourth-order valence-electron chi connectivity index (χ4n) is 4.43. The summed E-state index contributed by atoms with van der Waals surface area (Å²) < 4.78 is 26.0. The fraction of sp³-hybridized carbons (Fsp3) is 0.947. The topological polar surface area (TPSA) is 69.7 Å². The smallest absolute Gasteiger partial charge is 0.224 e. The molecule has 2 rings (SSSR count). The number of sulfonamides is 1. The average Bonchev–Trinajstić information content (AvgIpc) is 2.58. The lowest BCUT2D eigenvalue weighted by Gasteiger charge is -2.35. The minimum Gasteiger partial charge on any atom is -0.356 e. The van der Waals surface area contributed by atoms with Gasteiger partial charge in [0.15, 0.2) is 0 Å². The molecule has 0 aliphatic carbocycles. The highest BCUT2D eigenvalue weighted by molar-refractivity contribution is 7.89. The standard InChI is InChI=1S/C19H37N3O3S/c1-4-11-26(24,25)22-10-5-7-18(15-22)19(23)20-8-6-9-21-13-16(2)12-17(3)14-21/h16-18H,4-15H2,1-3H3,(H,20,23)/t16-,17-,18-/m0/s1. The molecule has 0 aromatic carbocycles. The number of rotatable bonds is 8. The molecule has 0 unspecified atom stereocenters. The van der Waals surface area contributed by atoms with E-state index in [1.165, 1.54) is 10.7 Å². The van der Waals surface area contributed by atoms with Crippen LogP contribution in [0.1, 0.15) is 52.9 Å². The molecule has 7 heteroatoms. The van der Waals surface area contributed by atoms with E-state index >= 15 is 0 Å². The van der Waals surface area contributed by atoms with E-state index in [-0.39, 0.29) is 17.6 Å². The second-order valence-corrected chi connectivity index (χ2v) is 10.5. The van der Waals surface area contributed by atoms with E-state index in [4.69, 9.17) is 0 Å². The Kier molecular flexibility index (Phi) is 8.36. The molecule has 6 nitrogen and oxygen atoms in total. The van der Waals surface area contributed by atoms with Crippen molar-refractivity contribution in [1.29, 1.82) is 0 Å². The van der Waals surface area contributed by atoms with Crippen LogP contribution in [-0.2, 0) is 14.8 Å². The van der Waals surface area contributed by atoms with Crippen molar-refractivity contribution in [2.75, 3.05) is 45.0 Å². The first kappa shape index (κ1) is 21.6. The zero-order chi connectivity index (χ0) is 19.2. The SMILES string of the molecule is CCCS(=O)(=O)N1CCC[C@H](C(=O)NCCCN2C[C@@H](C)C[C@H](C)C2)C1. The summed E-state index contributed by atoms with van der Waals surface area (Å²) in [5.74, 6) is 1.50. The van der Waals surface area contributed by atoms with E-state index in [0.29, 0.717) is 26.1 Å². The summed E-state index contributed by atoms with van der Waals surface area (Å²) in [6.45, 7) is 11.4. The Balaban J connectivity index is 1.70. The number of nitrogens with zero attached hydrogens (tertiary/aromatic N) is 2. The van der Waals surface area contributed by atoms with Crippen molar-refractivity contribution in [3.8, 4) is 0 Å². The molecule has 2 saturated heterocycles. The van der Waals surface area contributed by atoms with Crippen molar-refractivity contribution in [2.45, 2.75) is 52.9 Å². The number of likely N-dealkylation sites (tertiary alicyclic amines) is 1. The van der Waals surface area contributed by atoms with Gasteiger partial charge in [0.2, 0.25) is 15.9 Å². The largest absolute Gasteiger partial charge is 0.356 e. The quantitative estimate of drug-likeness (QED) is 0.646. The van der Waals surface area contributed by atoms with Crippen molar-refractivity contribution in [3.63, 3.8) is 0 Å². The zero-order valence-electron chi connectivity index (χ0n) is 16.7. The number of carbonyl (C=O) groups excluding carboxylic acids is 1. The van der Waals surface area contributed by atoms with Gasteiger partial charge in [-0.05, 0) is 50.5 Å². The molecule has 0 saturated carbocycles. The number of hydrogen-bond donors (Lipinski definition) is 1. The molecule has 26 heavy (non-hydrogen) atoms. The molecule has 2 aliphatic rings. The predicted octanol–water partition coefficient (Wildman–Crippen LogP) is 1.92. The van der Waals surface area contributed by atoms with E-state index in [1.807, 2.05) is 6.92 Å². The van der Waals surface area contributed by atoms with Gasteiger partial charge in [0.1, 0.15) is 0 Å². The third-order valence-corrected chi connectivity index (χ3v) is 7.55. The maximum absolute atomic E-state index is 12.4. The van der Waals surface area contributed by atoms with Gasteiger partial charge < -0.3 is 10.2 Å². The Labute approximate surface area is 159 Å².